The molecular weight excluding hydrogens is 393 g/mol. The molecule has 0 aliphatic carbocycles. The fourth-order valence-electron chi connectivity index (χ4n) is 1.53. The highest BCUT2D eigenvalue weighted by Crippen LogP contribution is 2.33. The molecule has 1 aromatic rings. The van der Waals surface area contributed by atoms with Crippen molar-refractivity contribution in [1.82, 2.24) is 4.90 Å². The highest BCUT2D eigenvalue weighted by Gasteiger charge is 2.22. The normalized spacial score (nSPS) is 9.45. The number of amidine groups is 1. The molecule has 1 aromatic carbocycles. The highest BCUT2D eigenvalue weighted by molar-refractivity contribution is 8.13. The lowest BCUT2D eigenvalue weighted by Crippen LogP contribution is -3.00. The molecular formula is C12H18IN3O3S. The minimum Gasteiger partial charge on any atom is -1.00 e. The SMILES string of the molecule is COc1ccc(SC(N(C)C)=[N+](C)C)c([N+](=O)[O-])c1.[I-]. The van der Waals surface area contributed by atoms with Gasteiger partial charge in [0.1, 0.15) is 5.75 Å². The molecule has 0 radical (unpaired) electrons. The fourth-order valence-corrected chi connectivity index (χ4v) is 2.47. The summed E-state index contributed by atoms with van der Waals surface area (Å²) in [4.78, 5) is 13.2. The van der Waals surface area contributed by atoms with E-state index in [1.807, 2.05) is 37.7 Å². The molecule has 0 amide bonds. The van der Waals surface area contributed by atoms with Gasteiger partial charge in [-0.25, -0.2) is 0 Å². The molecule has 0 aliphatic heterocycles. The van der Waals surface area contributed by atoms with Crippen molar-refractivity contribution in [2.45, 2.75) is 4.90 Å². The van der Waals surface area contributed by atoms with Gasteiger partial charge in [0, 0.05) is 11.8 Å². The van der Waals surface area contributed by atoms with Gasteiger partial charge in [-0.05, 0) is 12.1 Å². The molecule has 0 N–H and O–H groups in total. The number of nitro benzene ring substituents is 1. The summed E-state index contributed by atoms with van der Waals surface area (Å²) in [5.41, 5.74) is 0.0468. The van der Waals surface area contributed by atoms with Crippen LogP contribution in [-0.4, -0.2) is 54.9 Å². The Bertz CT molecular complexity index is 517. The van der Waals surface area contributed by atoms with Crippen LogP contribution in [-0.2, 0) is 0 Å². The number of nitrogens with zero attached hydrogens (tertiary/aromatic N) is 3. The topological polar surface area (TPSA) is 58.6 Å². The van der Waals surface area contributed by atoms with E-state index >= 15 is 0 Å². The minimum absolute atomic E-state index is 0. The second-order valence-corrected chi connectivity index (χ2v) is 5.27. The van der Waals surface area contributed by atoms with Gasteiger partial charge >= 0.3 is 5.17 Å². The van der Waals surface area contributed by atoms with E-state index in [0.29, 0.717) is 10.6 Å². The van der Waals surface area contributed by atoms with E-state index in [1.165, 1.54) is 24.9 Å². The van der Waals surface area contributed by atoms with Crippen molar-refractivity contribution in [1.29, 1.82) is 0 Å². The lowest BCUT2D eigenvalue weighted by atomic mass is 10.3. The smallest absolute Gasteiger partial charge is 0.312 e. The average molecular weight is 411 g/mol. The maximum atomic E-state index is 11.1. The Kier molecular flexibility index (Phi) is 7.87. The molecule has 112 valence electrons. The molecule has 0 atom stereocenters. The van der Waals surface area contributed by atoms with Crippen LogP contribution in [0.5, 0.6) is 5.75 Å². The first-order valence-electron chi connectivity index (χ1n) is 5.58. The zero-order valence-corrected chi connectivity index (χ0v) is 15.1. The molecule has 0 aliphatic rings. The van der Waals surface area contributed by atoms with Crippen LogP contribution in [0.25, 0.3) is 0 Å². The Hall–Kier alpha value is -1.03. The molecule has 0 saturated carbocycles. The van der Waals surface area contributed by atoms with E-state index in [4.69, 9.17) is 4.74 Å². The third-order valence-electron chi connectivity index (χ3n) is 2.33. The number of thioether (sulfide) groups is 1. The third-order valence-corrected chi connectivity index (χ3v) is 3.81. The lowest BCUT2D eigenvalue weighted by Gasteiger charge is -2.11. The van der Waals surface area contributed by atoms with Crippen LogP contribution in [0.3, 0.4) is 0 Å². The zero-order valence-electron chi connectivity index (χ0n) is 12.1. The Morgan fingerprint density at radius 1 is 1.35 bits per heavy atom. The van der Waals surface area contributed by atoms with Gasteiger partial charge in [0.25, 0.3) is 5.69 Å². The standard InChI is InChI=1S/C12H18N3O3S.HI/c1-13(2)12(14(3)4)19-11-7-6-9(18-5)8-10(11)15(16)17;/h6-8H,1-5H3;1H/q+1;/p-1. The van der Waals surface area contributed by atoms with Crippen molar-refractivity contribution in [2.75, 3.05) is 35.3 Å². The first-order chi connectivity index (χ1) is 8.86. The van der Waals surface area contributed by atoms with Gasteiger partial charge in [-0.15, -0.1) is 0 Å². The summed E-state index contributed by atoms with van der Waals surface area (Å²) in [6, 6.07) is 4.86. The van der Waals surface area contributed by atoms with Crippen molar-refractivity contribution < 1.29 is 38.2 Å². The Balaban J connectivity index is 0.00000361. The largest absolute Gasteiger partial charge is 1.00 e. The average Bonchev–Trinajstić information content (AvgIpc) is 2.34. The molecule has 20 heavy (non-hydrogen) atoms. The van der Waals surface area contributed by atoms with Gasteiger partial charge in [0.2, 0.25) is 0 Å². The summed E-state index contributed by atoms with van der Waals surface area (Å²) >= 11 is 1.35. The minimum atomic E-state index is -0.395. The van der Waals surface area contributed by atoms with Crippen molar-refractivity contribution >= 4 is 22.6 Å². The summed E-state index contributed by atoms with van der Waals surface area (Å²) in [5.74, 6) is 0.479. The van der Waals surface area contributed by atoms with Crippen molar-refractivity contribution in [3.05, 3.63) is 28.3 Å². The predicted molar refractivity (Wildman–Crippen MR) is 76.3 cm³/mol. The quantitative estimate of drug-likeness (QED) is 0.120. The van der Waals surface area contributed by atoms with E-state index in [-0.39, 0.29) is 29.7 Å². The molecule has 0 saturated heterocycles. The Labute approximate surface area is 140 Å². The van der Waals surface area contributed by atoms with E-state index in [1.54, 1.807) is 12.1 Å². The van der Waals surface area contributed by atoms with E-state index < -0.39 is 4.92 Å². The summed E-state index contributed by atoms with van der Waals surface area (Å²) in [6.07, 6.45) is 0. The van der Waals surface area contributed by atoms with E-state index in [2.05, 4.69) is 0 Å². The molecule has 8 heteroatoms. The van der Waals surface area contributed by atoms with Crippen LogP contribution < -0.4 is 28.7 Å². The molecule has 0 spiro atoms. The second kappa shape index (κ2) is 8.30. The maximum Gasteiger partial charge on any atom is 0.312 e. The number of benzene rings is 1. The van der Waals surface area contributed by atoms with Crippen LogP contribution >= 0.6 is 11.8 Å². The summed E-state index contributed by atoms with van der Waals surface area (Å²) in [6.45, 7) is 0. The second-order valence-electron chi connectivity index (χ2n) is 4.26. The number of ether oxygens (including phenoxy) is 1. The number of rotatable bonds is 3. The van der Waals surface area contributed by atoms with Crippen LogP contribution in [0.4, 0.5) is 5.69 Å². The van der Waals surface area contributed by atoms with Crippen molar-refractivity contribution in [3.8, 4) is 5.75 Å². The molecule has 0 fully saturated rings. The highest BCUT2D eigenvalue weighted by atomic mass is 127. The van der Waals surface area contributed by atoms with Crippen molar-refractivity contribution in [3.63, 3.8) is 0 Å². The first-order valence-corrected chi connectivity index (χ1v) is 6.40. The molecule has 0 unspecified atom stereocenters. The van der Waals surface area contributed by atoms with E-state index in [0.717, 1.165) is 5.17 Å². The van der Waals surface area contributed by atoms with Crippen LogP contribution in [0.15, 0.2) is 23.1 Å². The first kappa shape index (κ1) is 19.0. The van der Waals surface area contributed by atoms with Crippen LogP contribution in [0, 0.1) is 10.1 Å². The number of hydrogen-bond acceptors (Lipinski definition) is 4. The fraction of sp³-hybridized carbons (Fsp3) is 0.417. The Morgan fingerprint density at radius 3 is 2.35 bits per heavy atom. The van der Waals surface area contributed by atoms with Gasteiger partial charge in [-0.2, -0.15) is 0 Å². The lowest BCUT2D eigenvalue weighted by molar-refractivity contribution is -0.466. The summed E-state index contributed by atoms with van der Waals surface area (Å²) in [7, 11) is 9.09. The number of nitro groups is 1. The summed E-state index contributed by atoms with van der Waals surface area (Å²) < 4.78 is 6.93. The van der Waals surface area contributed by atoms with Crippen molar-refractivity contribution in [2.24, 2.45) is 0 Å². The zero-order chi connectivity index (χ0) is 14.6. The monoisotopic (exact) mass is 411 g/mol. The van der Waals surface area contributed by atoms with Gasteiger partial charge < -0.3 is 28.7 Å². The molecule has 1 rings (SSSR count). The number of halogens is 1. The molecule has 6 nitrogen and oxygen atoms in total. The van der Waals surface area contributed by atoms with E-state index in [9.17, 15) is 10.1 Å². The Morgan fingerprint density at radius 2 is 1.95 bits per heavy atom. The molecule has 0 bridgehead atoms. The van der Waals surface area contributed by atoms with Gasteiger partial charge in [0.15, 0.2) is 0 Å². The molecule has 0 aromatic heterocycles. The predicted octanol–water partition coefficient (Wildman–Crippen LogP) is -1.11. The van der Waals surface area contributed by atoms with Gasteiger partial charge in [-0.3, -0.25) is 19.6 Å². The van der Waals surface area contributed by atoms with Gasteiger partial charge in [0.05, 0.1) is 51.2 Å². The number of hydrogen-bond donors (Lipinski definition) is 0. The van der Waals surface area contributed by atoms with Gasteiger partial charge in [-0.1, -0.05) is 0 Å². The van der Waals surface area contributed by atoms with Crippen LogP contribution in [0.1, 0.15) is 0 Å². The summed E-state index contributed by atoms with van der Waals surface area (Å²) in [5, 5.41) is 12.0. The molecule has 0 heterocycles. The maximum absolute atomic E-state index is 11.1. The third kappa shape index (κ3) is 4.82. The number of methoxy groups -OCH3 is 1. The van der Waals surface area contributed by atoms with Crippen LogP contribution in [0.2, 0.25) is 0 Å².